The molecule has 29 heavy (non-hydrogen) atoms. The van der Waals surface area contributed by atoms with E-state index < -0.39 is 41.8 Å². The van der Waals surface area contributed by atoms with Gasteiger partial charge in [0.2, 0.25) is 17.7 Å². The van der Waals surface area contributed by atoms with Gasteiger partial charge in [0.25, 0.3) is 0 Å². The Balaban J connectivity index is 2.68. The average Bonchev–Trinajstić information content (AvgIpc) is 3.20. The maximum absolute atomic E-state index is 12.5. The Labute approximate surface area is 177 Å². The number of rotatable bonds is 13. The minimum absolute atomic E-state index is 0.0532. The zero-order valence-corrected chi connectivity index (χ0v) is 17.6. The maximum Gasteiger partial charge on any atom is 0.327 e. The number of carboxylic acids is 1. The molecule has 3 atom stereocenters. The molecule has 0 saturated carbocycles. The Kier molecular flexibility index (Phi) is 11.2. The number of hydrogen-bond acceptors (Lipinski definition) is 8. The Hall–Kier alpha value is -2.25. The number of nitrogens with two attached hydrogens (primary N) is 1. The zero-order chi connectivity index (χ0) is 21.8. The van der Waals surface area contributed by atoms with Crippen molar-refractivity contribution in [2.45, 2.75) is 31.0 Å². The number of H-pyrrole nitrogens is 1. The Bertz CT molecular complexity index is 687. The van der Waals surface area contributed by atoms with Crippen LogP contribution in [-0.4, -0.2) is 81.2 Å². The third kappa shape index (κ3) is 9.19. The fourth-order valence-corrected chi connectivity index (χ4v) is 2.94. The quantitative estimate of drug-likeness (QED) is 0.172. The van der Waals surface area contributed by atoms with Gasteiger partial charge in [-0.25, -0.2) is 9.78 Å². The summed E-state index contributed by atoms with van der Waals surface area (Å²) in [6, 6.07) is -3.01. The standard InChI is InChI=1S/C16H26N6O5S2/c1-29-3-2-10(17)14(24)19-6-13(23)21-11(4-9-5-18-8-20-9)15(25)22-12(7-28)16(26)27/h5,8,10-12,28H,2-4,6-7,17H2,1H3,(H,18,20)(H,19,24)(H,21,23)(H,22,25)(H,26,27). The molecule has 11 nitrogen and oxygen atoms in total. The van der Waals surface area contributed by atoms with E-state index in [4.69, 9.17) is 10.8 Å². The second-order valence-electron chi connectivity index (χ2n) is 6.09. The van der Waals surface area contributed by atoms with Crippen molar-refractivity contribution >= 4 is 48.1 Å². The number of aromatic nitrogens is 2. The molecule has 1 rings (SSSR count). The van der Waals surface area contributed by atoms with Crippen molar-refractivity contribution in [3.8, 4) is 0 Å². The van der Waals surface area contributed by atoms with Crippen molar-refractivity contribution in [3.63, 3.8) is 0 Å². The predicted octanol–water partition coefficient (Wildman–Crippen LogP) is -1.87. The van der Waals surface area contributed by atoms with E-state index in [-0.39, 0.29) is 18.7 Å². The summed E-state index contributed by atoms with van der Waals surface area (Å²) in [5.74, 6) is -2.43. The highest BCUT2D eigenvalue weighted by Gasteiger charge is 2.26. The van der Waals surface area contributed by atoms with Gasteiger partial charge in [-0.1, -0.05) is 0 Å². The fraction of sp³-hybridized carbons (Fsp3) is 0.562. The molecule has 1 aromatic heterocycles. The molecule has 0 saturated heterocycles. The van der Waals surface area contributed by atoms with Gasteiger partial charge >= 0.3 is 5.97 Å². The number of thioether (sulfide) groups is 1. The molecule has 0 aliphatic heterocycles. The van der Waals surface area contributed by atoms with Crippen LogP contribution in [0.5, 0.6) is 0 Å². The van der Waals surface area contributed by atoms with Gasteiger partial charge in [-0.2, -0.15) is 24.4 Å². The highest BCUT2D eigenvalue weighted by Crippen LogP contribution is 2.01. The van der Waals surface area contributed by atoms with Gasteiger partial charge in [-0.3, -0.25) is 14.4 Å². The summed E-state index contributed by atoms with van der Waals surface area (Å²) >= 11 is 5.45. The van der Waals surface area contributed by atoms with Crippen molar-refractivity contribution in [2.24, 2.45) is 5.73 Å². The molecule has 0 aromatic carbocycles. The third-order valence-corrected chi connectivity index (χ3v) is 4.83. The Morgan fingerprint density at radius 1 is 1.28 bits per heavy atom. The normalized spacial score (nSPS) is 13.8. The lowest BCUT2D eigenvalue weighted by atomic mass is 10.1. The van der Waals surface area contributed by atoms with Gasteiger partial charge in [0, 0.05) is 24.1 Å². The second-order valence-corrected chi connectivity index (χ2v) is 7.44. The number of aliphatic carboxylic acids is 1. The van der Waals surface area contributed by atoms with Crippen LogP contribution in [0, 0.1) is 0 Å². The number of carbonyl (C=O) groups excluding carboxylic acids is 3. The second kappa shape index (κ2) is 13.1. The lowest BCUT2D eigenvalue weighted by Gasteiger charge is -2.20. The number of carbonyl (C=O) groups is 4. The summed E-state index contributed by atoms with van der Waals surface area (Å²) in [7, 11) is 0. The summed E-state index contributed by atoms with van der Waals surface area (Å²) in [5, 5.41) is 16.3. The molecule has 162 valence electrons. The van der Waals surface area contributed by atoms with E-state index >= 15 is 0 Å². The monoisotopic (exact) mass is 446 g/mol. The smallest absolute Gasteiger partial charge is 0.327 e. The van der Waals surface area contributed by atoms with Crippen LogP contribution in [-0.2, 0) is 25.6 Å². The zero-order valence-electron chi connectivity index (χ0n) is 15.9. The van der Waals surface area contributed by atoms with E-state index in [0.29, 0.717) is 17.9 Å². The third-order valence-electron chi connectivity index (χ3n) is 3.82. The van der Waals surface area contributed by atoms with E-state index in [1.165, 1.54) is 12.5 Å². The number of carboxylic acid groups (broad SMARTS) is 1. The van der Waals surface area contributed by atoms with Crippen LogP contribution in [0.15, 0.2) is 12.5 Å². The lowest BCUT2D eigenvalue weighted by molar-refractivity contribution is -0.141. The molecule has 3 unspecified atom stereocenters. The van der Waals surface area contributed by atoms with E-state index in [0.717, 1.165) is 0 Å². The summed E-state index contributed by atoms with van der Waals surface area (Å²) in [6.07, 6.45) is 5.31. The molecule has 13 heteroatoms. The van der Waals surface area contributed by atoms with Gasteiger partial charge in [0.05, 0.1) is 18.9 Å². The van der Waals surface area contributed by atoms with Crippen LogP contribution in [0.4, 0.5) is 0 Å². The lowest BCUT2D eigenvalue weighted by Crippen LogP contribution is -2.55. The molecule has 7 N–H and O–H groups in total. The van der Waals surface area contributed by atoms with Crippen LogP contribution in [0.2, 0.25) is 0 Å². The number of nitrogens with zero attached hydrogens (tertiary/aromatic N) is 1. The van der Waals surface area contributed by atoms with Crippen LogP contribution in [0.25, 0.3) is 0 Å². The van der Waals surface area contributed by atoms with Crippen LogP contribution < -0.4 is 21.7 Å². The molecule has 0 bridgehead atoms. The first kappa shape index (κ1) is 24.8. The fourth-order valence-electron chi connectivity index (χ4n) is 2.20. The highest BCUT2D eigenvalue weighted by atomic mass is 32.2. The van der Waals surface area contributed by atoms with Crippen LogP contribution in [0.1, 0.15) is 12.1 Å². The summed E-state index contributed by atoms with van der Waals surface area (Å²) in [5.41, 5.74) is 6.29. The first-order valence-corrected chi connectivity index (χ1v) is 10.7. The number of nitrogens with one attached hydrogen (secondary N) is 4. The van der Waals surface area contributed by atoms with Crippen LogP contribution in [0.3, 0.4) is 0 Å². The van der Waals surface area contributed by atoms with E-state index in [2.05, 4.69) is 38.5 Å². The van der Waals surface area contributed by atoms with Crippen molar-refractivity contribution < 1.29 is 24.3 Å². The Morgan fingerprint density at radius 2 is 2.00 bits per heavy atom. The summed E-state index contributed by atoms with van der Waals surface area (Å²) in [4.78, 5) is 54.3. The summed E-state index contributed by atoms with van der Waals surface area (Å²) < 4.78 is 0. The Morgan fingerprint density at radius 3 is 2.55 bits per heavy atom. The minimum atomic E-state index is -1.24. The molecule has 1 heterocycles. The largest absolute Gasteiger partial charge is 0.480 e. The van der Waals surface area contributed by atoms with E-state index in [9.17, 15) is 19.2 Å². The van der Waals surface area contributed by atoms with Crippen molar-refractivity contribution in [1.82, 2.24) is 25.9 Å². The van der Waals surface area contributed by atoms with Crippen molar-refractivity contribution in [3.05, 3.63) is 18.2 Å². The topological polar surface area (TPSA) is 179 Å². The number of amides is 3. The average molecular weight is 447 g/mol. The van der Waals surface area contributed by atoms with Gasteiger partial charge in [0.15, 0.2) is 0 Å². The summed E-state index contributed by atoms with van der Waals surface area (Å²) in [6.45, 7) is -0.368. The molecule has 0 aliphatic rings. The number of aromatic amines is 1. The minimum Gasteiger partial charge on any atom is -0.480 e. The predicted molar refractivity (Wildman–Crippen MR) is 112 cm³/mol. The molecular weight excluding hydrogens is 420 g/mol. The SMILES string of the molecule is CSCCC(N)C(=O)NCC(=O)NC(Cc1cnc[nH]1)C(=O)NC(CS)C(=O)O. The highest BCUT2D eigenvalue weighted by molar-refractivity contribution is 7.98. The molecule has 1 aromatic rings. The maximum atomic E-state index is 12.5. The van der Waals surface area contributed by atoms with E-state index in [1.54, 1.807) is 11.8 Å². The number of imidazole rings is 1. The molecule has 0 radical (unpaired) electrons. The van der Waals surface area contributed by atoms with E-state index in [1.807, 2.05) is 6.26 Å². The van der Waals surface area contributed by atoms with Crippen molar-refractivity contribution in [1.29, 1.82) is 0 Å². The van der Waals surface area contributed by atoms with Crippen molar-refractivity contribution in [2.75, 3.05) is 24.3 Å². The number of thiol groups is 1. The van der Waals surface area contributed by atoms with Gasteiger partial charge in [-0.15, -0.1) is 0 Å². The van der Waals surface area contributed by atoms with Gasteiger partial charge < -0.3 is 31.8 Å². The number of hydrogen-bond donors (Lipinski definition) is 7. The van der Waals surface area contributed by atoms with Gasteiger partial charge in [-0.05, 0) is 18.4 Å². The molecule has 0 fully saturated rings. The molecule has 0 spiro atoms. The first-order valence-electron chi connectivity index (χ1n) is 8.71. The molecular formula is C16H26N6O5S2. The molecule has 0 aliphatic carbocycles. The van der Waals surface area contributed by atoms with Gasteiger partial charge in [0.1, 0.15) is 12.1 Å². The van der Waals surface area contributed by atoms with Crippen LogP contribution >= 0.6 is 24.4 Å². The first-order chi connectivity index (χ1) is 13.8. The molecule has 3 amide bonds.